The lowest BCUT2D eigenvalue weighted by atomic mass is 9.86. The van der Waals surface area contributed by atoms with Gasteiger partial charge >= 0.3 is 0 Å². The average Bonchev–Trinajstić information content (AvgIpc) is 3.71. The van der Waals surface area contributed by atoms with Crippen molar-refractivity contribution < 1.29 is 0 Å². The zero-order chi connectivity index (χ0) is 26.6. The molecule has 0 saturated heterocycles. The molecule has 2 aliphatic rings. The number of benzene rings is 1. The van der Waals surface area contributed by atoms with E-state index in [4.69, 9.17) is 15.0 Å². The first-order valence-corrected chi connectivity index (χ1v) is 15.8. The molecule has 0 bridgehead atoms. The fourth-order valence-electron chi connectivity index (χ4n) is 5.58. The van der Waals surface area contributed by atoms with Gasteiger partial charge in [0.1, 0.15) is 6.67 Å². The van der Waals surface area contributed by atoms with Crippen molar-refractivity contribution >= 4 is 66.9 Å². The molecule has 4 aromatic heterocycles. The molecule has 0 amide bonds. The largest absolute Gasteiger partial charge is 0.298 e. The SMILES string of the molecule is CN=C1C(=N)c2cc(-c3sc(C)c(C)c3C)sc2-c2c1c1sc(-c3sc(C)c(C)c3C)cc1c1c2=NCN=1. The van der Waals surface area contributed by atoms with Gasteiger partial charge in [-0.1, -0.05) is 0 Å². The van der Waals surface area contributed by atoms with E-state index in [1.807, 2.05) is 41.1 Å². The Morgan fingerprint density at radius 2 is 1.32 bits per heavy atom. The zero-order valence-corrected chi connectivity index (χ0v) is 25.6. The van der Waals surface area contributed by atoms with Crippen LogP contribution in [0.1, 0.15) is 43.1 Å². The quantitative estimate of drug-likeness (QED) is 0.224. The summed E-state index contributed by atoms with van der Waals surface area (Å²) in [7, 11) is 1.81. The molecule has 190 valence electrons. The van der Waals surface area contributed by atoms with Gasteiger partial charge in [-0.3, -0.25) is 20.4 Å². The summed E-state index contributed by atoms with van der Waals surface area (Å²) >= 11 is 7.32. The third-order valence-electron chi connectivity index (χ3n) is 8.13. The maximum absolute atomic E-state index is 9.28. The van der Waals surface area contributed by atoms with Crippen molar-refractivity contribution in [3.63, 3.8) is 0 Å². The second kappa shape index (κ2) is 8.36. The van der Waals surface area contributed by atoms with E-state index >= 15 is 0 Å². The van der Waals surface area contributed by atoms with Crippen molar-refractivity contribution in [3.8, 4) is 29.9 Å². The van der Waals surface area contributed by atoms with E-state index in [1.165, 1.54) is 56.2 Å². The fourth-order valence-corrected chi connectivity index (χ4v) is 10.7. The topological polar surface area (TPSA) is 60.9 Å². The van der Waals surface area contributed by atoms with Crippen molar-refractivity contribution in [2.75, 3.05) is 13.7 Å². The lowest BCUT2D eigenvalue weighted by molar-refractivity contribution is 1.06. The highest BCUT2D eigenvalue weighted by molar-refractivity contribution is 7.27. The molecular formula is C30H26N4S4. The normalized spacial score (nSPS) is 15.1. The Labute approximate surface area is 237 Å². The average molecular weight is 571 g/mol. The molecule has 0 spiro atoms. The van der Waals surface area contributed by atoms with E-state index in [0.29, 0.717) is 12.4 Å². The highest BCUT2D eigenvalue weighted by Crippen LogP contribution is 2.48. The monoisotopic (exact) mass is 570 g/mol. The van der Waals surface area contributed by atoms with Crippen LogP contribution >= 0.6 is 45.3 Å². The van der Waals surface area contributed by atoms with Crippen LogP contribution in [0, 0.1) is 47.0 Å². The minimum Gasteiger partial charge on any atom is -0.298 e. The Hall–Kier alpha value is -2.78. The predicted molar refractivity (Wildman–Crippen MR) is 167 cm³/mol. The van der Waals surface area contributed by atoms with Gasteiger partial charge in [0.2, 0.25) is 0 Å². The third-order valence-corrected chi connectivity index (χ3v) is 13.4. The second-order valence-corrected chi connectivity index (χ2v) is 14.6. The molecule has 38 heavy (non-hydrogen) atoms. The number of nitrogens with zero attached hydrogens (tertiary/aromatic N) is 3. The van der Waals surface area contributed by atoms with Crippen LogP contribution in [0.2, 0.25) is 0 Å². The maximum atomic E-state index is 9.28. The standard InChI is InChI=1S/C30H26N4S4/c1-11-13(3)27(35-15(11)5)19-8-17-23(31)25(32-7)21-22(29(17)37-19)26-24(33-10-34-26)18-9-20(38-30(18)21)28-14(4)12(2)16(6)36-28/h8-9,31H,10H2,1-7H3. The van der Waals surface area contributed by atoms with Crippen LogP contribution < -0.4 is 10.7 Å². The van der Waals surface area contributed by atoms with Crippen molar-refractivity contribution in [2.24, 2.45) is 15.0 Å². The first-order chi connectivity index (χ1) is 18.2. The molecule has 0 saturated carbocycles. The summed E-state index contributed by atoms with van der Waals surface area (Å²) in [4.78, 5) is 23.5. The van der Waals surface area contributed by atoms with Crippen LogP contribution in [0.15, 0.2) is 27.1 Å². The van der Waals surface area contributed by atoms with Gasteiger partial charge in [-0.2, -0.15) is 0 Å². The molecule has 0 radical (unpaired) electrons. The van der Waals surface area contributed by atoms with E-state index in [-0.39, 0.29) is 0 Å². The van der Waals surface area contributed by atoms with E-state index < -0.39 is 0 Å². The van der Waals surface area contributed by atoms with Gasteiger partial charge in [0, 0.05) is 68.0 Å². The Bertz CT molecular complexity index is 2040. The van der Waals surface area contributed by atoms with E-state index in [0.717, 1.165) is 43.4 Å². The van der Waals surface area contributed by atoms with E-state index in [1.54, 1.807) is 11.3 Å². The number of aryl methyl sites for hydroxylation is 2. The first-order valence-electron chi connectivity index (χ1n) is 12.5. The molecule has 1 aromatic carbocycles. The molecule has 1 N–H and O–H groups in total. The molecule has 0 fully saturated rings. The van der Waals surface area contributed by atoms with E-state index in [9.17, 15) is 5.41 Å². The lowest BCUT2D eigenvalue weighted by Crippen LogP contribution is -2.32. The highest BCUT2D eigenvalue weighted by Gasteiger charge is 2.34. The number of aliphatic imine (C=N–C) groups is 1. The summed E-state index contributed by atoms with van der Waals surface area (Å²) < 4.78 is 1.17. The minimum atomic E-state index is 0.453. The summed E-state index contributed by atoms with van der Waals surface area (Å²) in [6.07, 6.45) is 0. The van der Waals surface area contributed by atoms with Crippen LogP contribution in [0.3, 0.4) is 0 Å². The molecule has 5 aromatic rings. The van der Waals surface area contributed by atoms with Crippen LogP contribution in [-0.2, 0) is 0 Å². The number of rotatable bonds is 2. The molecule has 1 aliphatic carbocycles. The highest BCUT2D eigenvalue weighted by atomic mass is 32.1. The molecule has 0 atom stereocenters. The van der Waals surface area contributed by atoms with Crippen molar-refractivity contribution in [1.82, 2.24) is 0 Å². The van der Waals surface area contributed by atoms with Gasteiger partial charge in [-0.15, -0.1) is 45.3 Å². The number of hydrogen-bond donors (Lipinski definition) is 1. The number of thiophene rings is 4. The Morgan fingerprint density at radius 1 is 0.711 bits per heavy atom. The molecule has 8 heteroatoms. The second-order valence-electron chi connectivity index (χ2n) is 10.0. The fraction of sp³-hybridized carbons (Fsp3) is 0.267. The van der Waals surface area contributed by atoms with Crippen molar-refractivity contribution in [3.05, 3.63) is 66.0 Å². The van der Waals surface area contributed by atoms with Crippen LogP contribution in [0.5, 0.6) is 0 Å². The summed E-state index contributed by atoms with van der Waals surface area (Å²) in [5.74, 6) is 0. The van der Waals surface area contributed by atoms with E-state index in [2.05, 4.69) is 53.7 Å². The van der Waals surface area contributed by atoms with Crippen LogP contribution in [0.25, 0.3) is 40.0 Å². The first kappa shape index (κ1) is 24.3. The molecular weight excluding hydrogens is 545 g/mol. The number of nitrogens with one attached hydrogen (secondary N) is 1. The summed E-state index contributed by atoms with van der Waals surface area (Å²) in [5.41, 5.74) is 9.81. The number of hydrogen-bond acceptors (Lipinski definition) is 8. The molecule has 5 heterocycles. The third kappa shape index (κ3) is 3.11. The van der Waals surface area contributed by atoms with Gasteiger partial charge in [0.05, 0.1) is 22.1 Å². The van der Waals surface area contributed by atoms with Gasteiger partial charge in [-0.25, -0.2) is 0 Å². The molecule has 0 unspecified atom stereocenters. The number of fused-ring (bicyclic) bond motifs is 8. The molecule has 7 rings (SSSR count). The van der Waals surface area contributed by atoms with Crippen molar-refractivity contribution in [1.29, 1.82) is 5.41 Å². The predicted octanol–water partition coefficient (Wildman–Crippen LogP) is 7.95. The smallest absolute Gasteiger partial charge is 0.130 e. The van der Waals surface area contributed by atoms with Crippen molar-refractivity contribution in [2.45, 2.75) is 41.5 Å². The zero-order valence-electron chi connectivity index (χ0n) is 22.3. The maximum Gasteiger partial charge on any atom is 0.130 e. The minimum absolute atomic E-state index is 0.453. The Balaban J connectivity index is 1.57. The summed E-state index contributed by atoms with van der Waals surface area (Å²) in [5, 5.41) is 12.4. The van der Waals surface area contributed by atoms with Gasteiger partial charge in [0.25, 0.3) is 0 Å². The van der Waals surface area contributed by atoms with Crippen LogP contribution in [-0.4, -0.2) is 25.1 Å². The molecule has 4 nitrogen and oxygen atoms in total. The summed E-state index contributed by atoms with van der Waals surface area (Å²) in [6.45, 7) is 13.7. The van der Waals surface area contributed by atoms with Crippen LogP contribution in [0.4, 0.5) is 0 Å². The Morgan fingerprint density at radius 3 is 1.89 bits per heavy atom. The van der Waals surface area contributed by atoms with Gasteiger partial charge < -0.3 is 0 Å². The van der Waals surface area contributed by atoms with Gasteiger partial charge in [0.15, 0.2) is 0 Å². The molecule has 1 aliphatic heterocycles. The van der Waals surface area contributed by atoms with Gasteiger partial charge in [-0.05, 0) is 75.9 Å². The lowest BCUT2D eigenvalue weighted by Gasteiger charge is -2.20. The summed E-state index contributed by atoms with van der Waals surface area (Å²) in [6, 6.07) is 4.51. The Kier molecular flexibility index (Phi) is 5.34.